The number of ether oxygens (including phenoxy) is 2. The minimum Gasteiger partial charge on any atom is -0.493 e. The number of methoxy groups -OCH3 is 1. The number of esters is 1. The number of anilines is 1. The van der Waals surface area contributed by atoms with Crippen LogP contribution >= 0.6 is 11.3 Å². The Kier molecular flexibility index (Phi) is 6.04. The van der Waals surface area contributed by atoms with Crippen molar-refractivity contribution in [2.24, 2.45) is 0 Å². The average molecular weight is 449 g/mol. The summed E-state index contributed by atoms with van der Waals surface area (Å²) >= 11 is 1.28. The molecule has 0 saturated carbocycles. The van der Waals surface area contributed by atoms with Crippen molar-refractivity contribution in [2.45, 2.75) is 13.3 Å². The summed E-state index contributed by atoms with van der Waals surface area (Å²) in [5, 5.41) is 3.01. The zero-order valence-electron chi connectivity index (χ0n) is 17.5. The minimum absolute atomic E-state index is 0.00467. The van der Waals surface area contributed by atoms with Crippen LogP contribution in [0.15, 0.2) is 65.6 Å². The van der Waals surface area contributed by atoms with Crippen LogP contribution in [0.2, 0.25) is 0 Å². The maximum absolute atomic E-state index is 12.8. The molecule has 0 radical (unpaired) electrons. The molecular weight excluding hydrogens is 428 g/mol. The third-order valence-corrected chi connectivity index (χ3v) is 5.77. The number of rotatable bonds is 6. The SMILES string of the molecule is CCc1ccc(N2NC(=O)/C(=C\c3ccc(OC(=O)c4cccs4)c(OC)c3)C2=O)cc1. The van der Waals surface area contributed by atoms with Gasteiger partial charge in [0.2, 0.25) is 0 Å². The van der Waals surface area contributed by atoms with E-state index in [4.69, 9.17) is 9.47 Å². The van der Waals surface area contributed by atoms with Crippen LogP contribution in [0, 0.1) is 0 Å². The lowest BCUT2D eigenvalue weighted by atomic mass is 10.1. The van der Waals surface area contributed by atoms with Gasteiger partial charge in [-0.25, -0.2) is 9.80 Å². The van der Waals surface area contributed by atoms with Gasteiger partial charge in [-0.2, -0.15) is 0 Å². The molecule has 8 heteroatoms. The van der Waals surface area contributed by atoms with Crippen LogP contribution in [0.25, 0.3) is 6.08 Å². The number of thiophene rings is 1. The molecule has 1 fully saturated rings. The van der Waals surface area contributed by atoms with Crippen LogP contribution in [0.3, 0.4) is 0 Å². The van der Waals surface area contributed by atoms with Crippen LogP contribution < -0.4 is 19.9 Å². The first-order chi connectivity index (χ1) is 15.5. The molecule has 0 spiro atoms. The van der Waals surface area contributed by atoms with Crippen LogP contribution in [-0.4, -0.2) is 24.9 Å². The maximum atomic E-state index is 12.8. The third kappa shape index (κ3) is 4.26. The van der Waals surface area contributed by atoms with E-state index < -0.39 is 17.8 Å². The van der Waals surface area contributed by atoms with Gasteiger partial charge in [-0.15, -0.1) is 11.3 Å². The van der Waals surface area contributed by atoms with Crippen LogP contribution in [0.5, 0.6) is 11.5 Å². The average Bonchev–Trinajstić information content (AvgIpc) is 3.45. The zero-order valence-corrected chi connectivity index (χ0v) is 18.3. The molecule has 1 aliphatic heterocycles. The van der Waals surface area contributed by atoms with Crippen molar-refractivity contribution in [3.63, 3.8) is 0 Å². The second kappa shape index (κ2) is 9.07. The Morgan fingerprint density at radius 1 is 1.09 bits per heavy atom. The first-order valence-corrected chi connectivity index (χ1v) is 10.8. The van der Waals surface area contributed by atoms with E-state index in [1.807, 2.05) is 19.1 Å². The van der Waals surface area contributed by atoms with E-state index in [9.17, 15) is 14.4 Å². The van der Waals surface area contributed by atoms with Gasteiger partial charge in [0.1, 0.15) is 10.5 Å². The molecule has 162 valence electrons. The van der Waals surface area contributed by atoms with Crippen molar-refractivity contribution in [2.75, 3.05) is 12.1 Å². The van der Waals surface area contributed by atoms with Gasteiger partial charge in [0.05, 0.1) is 12.8 Å². The molecule has 3 aromatic rings. The second-order valence-corrected chi connectivity index (χ2v) is 7.88. The summed E-state index contributed by atoms with van der Waals surface area (Å²) in [7, 11) is 1.45. The highest BCUT2D eigenvalue weighted by molar-refractivity contribution is 7.12. The lowest BCUT2D eigenvalue weighted by Crippen LogP contribution is -2.35. The molecule has 32 heavy (non-hydrogen) atoms. The van der Waals surface area contributed by atoms with Crippen molar-refractivity contribution in [3.05, 3.63) is 81.6 Å². The molecule has 0 unspecified atom stereocenters. The number of carbonyl (C=O) groups is 3. The van der Waals surface area contributed by atoms with Crippen LogP contribution in [-0.2, 0) is 16.0 Å². The van der Waals surface area contributed by atoms with E-state index in [0.717, 1.165) is 12.0 Å². The smallest absolute Gasteiger partial charge is 0.353 e. The molecule has 0 atom stereocenters. The molecule has 4 rings (SSSR count). The highest BCUT2D eigenvalue weighted by Crippen LogP contribution is 2.31. The topological polar surface area (TPSA) is 84.9 Å². The van der Waals surface area contributed by atoms with Gasteiger partial charge in [-0.05, 0) is 59.3 Å². The van der Waals surface area contributed by atoms with E-state index in [0.29, 0.717) is 21.9 Å². The van der Waals surface area contributed by atoms with Crippen molar-refractivity contribution in [3.8, 4) is 11.5 Å². The summed E-state index contributed by atoms with van der Waals surface area (Å²) in [6, 6.07) is 15.7. The van der Waals surface area contributed by atoms with Gasteiger partial charge in [0.15, 0.2) is 11.5 Å². The zero-order chi connectivity index (χ0) is 22.7. The minimum atomic E-state index is -0.498. The molecule has 2 amide bonds. The number of nitrogens with one attached hydrogen (secondary N) is 1. The number of aryl methyl sites for hydroxylation is 1. The van der Waals surface area contributed by atoms with Crippen LogP contribution in [0.4, 0.5) is 5.69 Å². The molecule has 0 aliphatic carbocycles. The van der Waals surface area contributed by atoms with E-state index in [-0.39, 0.29) is 11.3 Å². The van der Waals surface area contributed by atoms with Crippen molar-refractivity contribution in [1.29, 1.82) is 0 Å². The number of hydrogen-bond acceptors (Lipinski definition) is 6. The standard InChI is InChI=1S/C24H20N2O5S/c1-3-15-6-9-17(10-7-15)26-23(28)18(22(27)25-26)13-16-8-11-19(20(14-16)30-2)31-24(29)21-5-4-12-32-21/h4-14H,3H2,1-2H3,(H,25,27)/b18-13+. The Hall–Kier alpha value is -3.91. The highest BCUT2D eigenvalue weighted by atomic mass is 32.1. The Balaban J connectivity index is 1.56. The Morgan fingerprint density at radius 3 is 2.53 bits per heavy atom. The fourth-order valence-electron chi connectivity index (χ4n) is 3.19. The van der Waals surface area contributed by atoms with Crippen molar-refractivity contribution in [1.82, 2.24) is 5.43 Å². The Labute approximate surface area is 188 Å². The number of hydrazine groups is 1. The number of nitrogens with zero attached hydrogens (tertiary/aromatic N) is 1. The monoisotopic (exact) mass is 448 g/mol. The maximum Gasteiger partial charge on any atom is 0.353 e. The predicted molar refractivity (Wildman–Crippen MR) is 122 cm³/mol. The van der Waals surface area contributed by atoms with Crippen LogP contribution in [0.1, 0.15) is 27.7 Å². The molecule has 0 bridgehead atoms. The summed E-state index contributed by atoms with van der Waals surface area (Å²) in [4.78, 5) is 38.0. The molecular formula is C24H20N2O5S. The number of hydrogen-bond donors (Lipinski definition) is 1. The highest BCUT2D eigenvalue weighted by Gasteiger charge is 2.34. The molecule has 1 aromatic heterocycles. The van der Waals surface area contributed by atoms with Gasteiger partial charge in [0, 0.05) is 0 Å². The molecule has 7 nitrogen and oxygen atoms in total. The first kappa shape index (κ1) is 21.3. The van der Waals surface area contributed by atoms with Gasteiger partial charge in [-0.1, -0.05) is 31.2 Å². The summed E-state index contributed by atoms with van der Waals surface area (Å²) in [6.07, 6.45) is 2.36. The fraction of sp³-hybridized carbons (Fsp3) is 0.125. The van der Waals surface area contributed by atoms with Gasteiger partial charge >= 0.3 is 5.97 Å². The normalized spacial score (nSPS) is 14.6. The lowest BCUT2D eigenvalue weighted by molar-refractivity contribution is -0.117. The summed E-state index contributed by atoms with van der Waals surface area (Å²) in [5.74, 6) is -0.886. The Bertz CT molecular complexity index is 1200. The van der Waals surface area contributed by atoms with Gasteiger partial charge in [0.25, 0.3) is 11.8 Å². The van der Waals surface area contributed by atoms with Crippen molar-refractivity contribution < 1.29 is 23.9 Å². The fourth-order valence-corrected chi connectivity index (χ4v) is 3.79. The van der Waals surface area contributed by atoms with Crippen molar-refractivity contribution >= 4 is 40.9 Å². The number of benzene rings is 2. The number of carbonyl (C=O) groups excluding carboxylic acids is 3. The largest absolute Gasteiger partial charge is 0.493 e. The molecule has 1 saturated heterocycles. The summed E-state index contributed by atoms with van der Waals surface area (Å²) in [6.45, 7) is 2.04. The predicted octanol–water partition coefficient (Wildman–Crippen LogP) is 4.00. The quantitative estimate of drug-likeness (QED) is 0.267. The van der Waals surface area contributed by atoms with Gasteiger partial charge < -0.3 is 9.47 Å². The summed E-state index contributed by atoms with van der Waals surface area (Å²) in [5.41, 5.74) is 4.85. The van der Waals surface area contributed by atoms with E-state index >= 15 is 0 Å². The first-order valence-electron chi connectivity index (χ1n) is 9.90. The van der Waals surface area contributed by atoms with E-state index in [1.54, 1.807) is 47.8 Å². The molecule has 2 heterocycles. The third-order valence-electron chi connectivity index (χ3n) is 4.92. The number of amides is 2. The Morgan fingerprint density at radius 2 is 1.88 bits per heavy atom. The van der Waals surface area contributed by atoms with E-state index in [1.165, 1.54) is 29.5 Å². The summed E-state index contributed by atoms with van der Waals surface area (Å²) < 4.78 is 10.7. The molecule has 1 N–H and O–H groups in total. The molecule has 1 aliphatic rings. The lowest BCUT2D eigenvalue weighted by Gasteiger charge is -2.14. The second-order valence-electron chi connectivity index (χ2n) is 6.94. The van der Waals surface area contributed by atoms with E-state index in [2.05, 4.69) is 5.43 Å². The molecule has 2 aromatic carbocycles. The van der Waals surface area contributed by atoms with Gasteiger partial charge in [-0.3, -0.25) is 15.0 Å².